The standard InChI is InChI=1S/C13H15N3O/c1-9-7-12(16-13(15-9)17-2)11-5-3-10(8-14)4-6-11/h3-7H,8,14H2,1-2H3. The van der Waals surface area contributed by atoms with Gasteiger partial charge >= 0.3 is 6.01 Å². The van der Waals surface area contributed by atoms with Gasteiger partial charge in [0.1, 0.15) is 0 Å². The molecule has 1 heterocycles. The molecule has 0 spiro atoms. The van der Waals surface area contributed by atoms with Crippen LogP contribution >= 0.6 is 0 Å². The Morgan fingerprint density at radius 1 is 1.18 bits per heavy atom. The predicted molar refractivity (Wildman–Crippen MR) is 66.6 cm³/mol. The van der Waals surface area contributed by atoms with Gasteiger partial charge in [-0.25, -0.2) is 4.98 Å². The highest BCUT2D eigenvalue weighted by atomic mass is 16.5. The number of benzene rings is 1. The molecular formula is C13H15N3O. The highest BCUT2D eigenvalue weighted by Crippen LogP contribution is 2.20. The third kappa shape index (κ3) is 2.60. The summed E-state index contributed by atoms with van der Waals surface area (Å²) in [6.45, 7) is 2.47. The van der Waals surface area contributed by atoms with Crippen molar-refractivity contribution in [3.8, 4) is 17.3 Å². The fourth-order valence-electron chi connectivity index (χ4n) is 1.59. The molecule has 0 radical (unpaired) electrons. The van der Waals surface area contributed by atoms with Gasteiger partial charge in [0.2, 0.25) is 0 Å². The maximum absolute atomic E-state index is 5.56. The zero-order valence-corrected chi connectivity index (χ0v) is 9.97. The van der Waals surface area contributed by atoms with E-state index in [-0.39, 0.29) is 0 Å². The van der Waals surface area contributed by atoms with Gasteiger partial charge in [0.25, 0.3) is 0 Å². The molecule has 0 atom stereocenters. The predicted octanol–water partition coefficient (Wildman–Crippen LogP) is 1.92. The van der Waals surface area contributed by atoms with Crippen molar-refractivity contribution in [2.24, 2.45) is 5.73 Å². The number of aromatic nitrogens is 2. The summed E-state index contributed by atoms with van der Waals surface area (Å²) >= 11 is 0. The minimum atomic E-state index is 0.392. The summed E-state index contributed by atoms with van der Waals surface area (Å²) in [5, 5.41) is 0. The Balaban J connectivity index is 2.41. The smallest absolute Gasteiger partial charge is 0.316 e. The van der Waals surface area contributed by atoms with Crippen molar-refractivity contribution in [2.45, 2.75) is 13.5 Å². The van der Waals surface area contributed by atoms with Crippen LogP contribution in [-0.4, -0.2) is 17.1 Å². The highest BCUT2D eigenvalue weighted by molar-refractivity contribution is 5.60. The molecule has 1 aromatic heterocycles. The van der Waals surface area contributed by atoms with Gasteiger partial charge in [-0.15, -0.1) is 0 Å². The molecule has 1 aromatic carbocycles. The zero-order chi connectivity index (χ0) is 12.3. The van der Waals surface area contributed by atoms with Crippen LogP contribution in [0.15, 0.2) is 30.3 Å². The van der Waals surface area contributed by atoms with E-state index < -0.39 is 0 Å². The molecule has 0 unspecified atom stereocenters. The average Bonchev–Trinajstić information content (AvgIpc) is 2.38. The molecule has 2 N–H and O–H groups in total. The zero-order valence-electron chi connectivity index (χ0n) is 9.97. The van der Waals surface area contributed by atoms with E-state index in [0.29, 0.717) is 12.6 Å². The van der Waals surface area contributed by atoms with Crippen LogP contribution in [0, 0.1) is 6.92 Å². The molecule has 17 heavy (non-hydrogen) atoms. The number of nitrogens with zero attached hydrogens (tertiary/aromatic N) is 2. The SMILES string of the molecule is COc1nc(C)cc(-c2ccc(CN)cc2)n1. The third-order valence-corrected chi connectivity index (χ3v) is 2.50. The number of methoxy groups -OCH3 is 1. The van der Waals surface area contributed by atoms with E-state index in [1.807, 2.05) is 37.3 Å². The topological polar surface area (TPSA) is 61.0 Å². The number of rotatable bonds is 3. The molecule has 0 fully saturated rings. The first-order chi connectivity index (χ1) is 8.22. The van der Waals surface area contributed by atoms with Crippen molar-refractivity contribution in [1.29, 1.82) is 0 Å². The minimum absolute atomic E-state index is 0.392. The van der Waals surface area contributed by atoms with Gasteiger partial charge in [0, 0.05) is 17.8 Å². The van der Waals surface area contributed by atoms with Gasteiger partial charge < -0.3 is 10.5 Å². The lowest BCUT2D eigenvalue weighted by molar-refractivity contribution is 0.379. The molecule has 0 saturated carbocycles. The van der Waals surface area contributed by atoms with E-state index in [4.69, 9.17) is 10.5 Å². The maximum atomic E-state index is 5.56. The lowest BCUT2D eigenvalue weighted by Crippen LogP contribution is -1.97. The second-order valence-electron chi connectivity index (χ2n) is 3.78. The van der Waals surface area contributed by atoms with Crippen molar-refractivity contribution >= 4 is 0 Å². The summed E-state index contributed by atoms with van der Waals surface area (Å²) < 4.78 is 5.06. The van der Waals surface area contributed by atoms with Gasteiger partial charge in [0.05, 0.1) is 12.8 Å². The molecule has 2 aromatic rings. The van der Waals surface area contributed by atoms with Crippen LogP contribution < -0.4 is 10.5 Å². The largest absolute Gasteiger partial charge is 0.467 e. The van der Waals surface area contributed by atoms with Crippen molar-refractivity contribution < 1.29 is 4.74 Å². The fraction of sp³-hybridized carbons (Fsp3) is 0.231. The summed E-state index contributed by atoms with van der Waals surface area (Å²) in [5.41, 5.74) is 9.44. The number of ether oxygens (including phenoxy) is 1. The van der Waals surface area contributed by atoms with Gasteiger partial charge in [-0.05, 0) is 18.6 Å². The summed E-state index contributed by atoms with van der Waals surface area (Å²) in [6.07, 6.45) is 0. The molecule has 0 aliphatic heterocycles. The van der Waals surface area contributed by atoms with Crippen molar-refractivity contribution in [1.82, 2.24) is 9.97 Å². The van der Waals surface area contributed by atoms with Gasteiger partial charge in [-0.1, -0.05) is 24.3 Å². The first kappa shape index (κ1) is 11.5. The molecule has 0 saturated heterocycles. The van der Waals surface area contributed by atoms with Gasteiger partial charge in [-0.2, -0.15) is 4.98 Å². The molecule has 0 bridgehead atoms. The molecule has 0 aliphatic carbocycles. The van der Waals surface area contributed by atoms with Crippen LogP contribution in [0.5, 0.6) is 6.01 Å². The van der Waals surface area contributed by atoms with E-state index in [1.165, 1.54) is 0 Å². The molecule has 88 valence electrons. The fourth-order valence-corrected chi connectivity index (χ4v) is 1.59. The van der Waals surface area contributed by atoms with E-state index in [9.17, 15) is 0 Å². The van der Waals surface area contributed by atoms with E-state index in [2.05, 4.69) is 9.97 Å². The number of aryl methyl sites for hydroxylation is 1. The van der Waals surface area contributed by atoms with Crippen LogP contribution in [-0.2, 0) is 6.54 Å². The van der Waals surface area contributed by atoms with E-state index >= 15 is 0 Å². The molecule has 0 aliphatic rings. The Bertz CT molecular complexity index is 509. The van der Waals surface area contributed by atoms with Crippen molar-refractivity contribution in [2.75, 3.05) is 7.11 Å². The Morgan fingerprint density at radius 2 is 1.88 bits per heavy atom. The Hall–Kier alpha value is -1.94. The normalized spacial score (nSPS) is 10.3. The number of hydrogen-bond donors (Lipinski definition) is 1. The van der Waals surface area contributed by atoms with Crippen LogP contribution in [0.2, 0.25) is 0 Å². The van der Waals surface area contributed by atoms with Crippen LogP contribution in [0.25, 0.3) is 11.3 Å². The van der Waals surface area contributed by atoms with Crippen molar-refractivity contribution in [3.63, 3.8) is 0 Å². The number of nitrogens with two attached hydrogens (primary N) is 1. The Morgan fingerprint density at radius 3 is 2.47 bits per heavy atom. The average molecular weight is 229 g/mol. The monoisotopic (exact) mass is 229 g/mol. The second-order valence-corrected chi connectivity index (χ2v) is 3.78. The van der Waals surface area contributed by atoms with Crippen LogP contribution in [0.3, 0.4) is 0 Å². The summed E-state index contributed by atoms with van der Waals surface area (Å²) in [6, 6.07) is 10.3. The molecule has 4 nitrogen and oxygen atoms in total. The molecule has 2 rings (SSSR count). The summed E-state index contributed by atoms with van der Waals surface area (Å²) in [4.78, 5) is 8.47. The Labute approximate surface area is 100 Å². The van der Waals surface area contributed by atoms with Gasteiger partial charge in [0.15, 0.2) is 0 Å². The first-order valence-corrected chi connectivity index (χ1v) is 5.42. The van der Waals surface area contributed by atoms with E-state index in [0.717, 1.165) is 22.5 Å². The maximum Gasteiger partial charge on any atom is 0.316 e. The third-order valence-electron chi connectivity index (χ3n) is 2.50. The molecular weight excluding hydrogens is 214 g/mol. The summed E-state index contributed by atoms with van der Waals surface area (Å²) in [5.74, 6) is 0. The second kappa shape index (κ2) is 4.93. The Kier molecular flexibility index (Phi) is 3.35. The molecule has 4 heteroatoms. The van der Waals surface area contributed by atoms with Crippen LogP contribution in [0.4, 0.5) is 0 Å². The number of hydrogen-bond acceptors (Lipinski definition) is 4. The quantitative estimate of drug-likeness (QED) is 0.873. The molecule has 0 amide bonds. The lowest BCUT2D eigenvalue weighted by atomic mass is 10.1. The van der Waals surface area contributed by atoms with Crippen molar-refractivity contribution in [3.05, 3.63) is 41.6 Å². The van der Waals surface area contributed by atoms with Crippen LogP contribution in [0.1, 0.15) is 11.3 Å². The van der Waals surface area contributed by atoms with Gasteiger partial charge in [-0.3, -0.25) is 0 Å². The lowest BCUT2D eigenvalue weighted by Gasteiger charge is -2.05. The first-order valence-electron chi connectivity index (χ1n) is 5.42. The minimum Gasteiger partial charge on any atom is -0.467 e. The summed E-state index contributed by atoms with van der Waals surface area (Å²) in [7, 11) is 1.57. The highest BCUT2D eigenvalue weighted by Gasteiger charge is 2.04. The van der Waals surface area contributed by atoms with E-state index in [1.54, 1.807) is 7.11 Å².